The summed E-state index contributed by atoms with van der Waals surface area (Å²) in [5.41, 5.74) is 0.775. The van der Waals surface area contributed by atoms with Crippen molar-refractivity contribution < 1.29 is 4.79 Å². The van der Waals surface area contributed by atoms with Crippen LogP contribution in [0.5, 0.6) is 0 Å². The van der Waals surface area contributed by atoms with Gasteiger partial charge in [0.25, 0.3) is 5.91 Å². The van der Waals surface area contributed by atoms with Gasteiger partial charge in [-0.05, 0) is 35.4 Å². The van der Waals surface area contributed by atoms with Crippen molar-refractivity contribution in [2.75, 3.05) is 18.4 Å². The van der Waals surface area contributed by atoms with Gasteiger partial charge in [-0.2, -0.15) is 0 Å². The third-order valence-corrected chi connectivity index (χ3v) is 6.40. The van der Waals surface area contributed by atoms with Crippen molar-refractivity contribution in [2.45, 2.75) is 19.5 Å². The Morgan fingerprint density at radius 2 is 1.93 bits per heavy atom. The van der Waals surface area contributed by atoms with Gasteiger partial charge in [-0.3, -0.25) is 9.69 Å². The van der Waals surface area contributed by atoms with Crippen LogP contribution in [0.1, 0.15) is 21.3 Å². The second kappa shape index (κ2) is 6.90. The van der Waals surface area contributed by atoms with Crippen molar-refractivity contribution in [3.63, 3.8) is 0 Å². The summed E-state index contributed by atoms with van der Waals surface area (Å²) in [6.45, 7) is 4.01. The first-order valence-electron chi connectivity index (χ1n) is 9.29. The van der Waals surface area contributed by atoms with Crippen LogP contribution in [-0.2, 0) is 19.5 Å². The number of rotatable bonds is 4. The molecule has 0 unspecified atom stereocenters. The van der Waals surface area contributed by atoms with Crippen molar-refractivity contribution >= 4 is 22.9 Å². The van der Waals surface area contributed by atoms with E-state index in [1.165, 1.54) is 4.88 Å². The fourth-order valence-electron chi connectivity index (χ4n) is 4.25. The Morgan fingerprint density at radius 3 is 2.74 bits per heavy atom. The average molecular weight is 379 g/mol. The van der Waals surface area contributed by atoms with Gasteiger partial charge in [-0.1, -0.05) is 24.3 Å². The van der Waals surface area contributed by atoms with Crippen molar-refractivity contribution in [3.05, 3.63) is 64.4 Å². The monoisotopic (exact) mass is 379 g/mol. The van der Waals surface area contributed by atoms with E-state index in [1.807, 2.05) is 46.2 Å². The summed E-state index contributed by atoms with van der Waals surface area (Å²) in [4.78, 5) is 16.6. The van der Waals surface area contributed by atoms with Gasteiger partial charge in [0, 0.05) is 43.2 Å². The van der Waals surface area contributed by atoms with E-state index in [0.29, 0.717) is 17.7 Å². The van der Waals surface area contributed by atoms with Crippen LogP contribution in [0.15, 0.2) is 47.8 Å². The lowest BCUT2D eigenvalue weighted by Gasteiger charge is -2.25. The molecule has 27 heavy (non-hydrogen) atoms. The zero-order valence-electron chi connectivity index (χ0n) is 14.9. The molecule has 1 aromatic carbocycles. The lowest BCUT2D eigenvalue weighted by atomic mass is 9.89. The Labute approximate surface area is 161 Å². The first-order chi connectivity index (χ1) is 13.3. The Kier molecular flexibility index (Phi) is 4.26. The minimum absolute atomic E-state index is 0.188. The van der Waals surface area contributed by atoms with Crippen LogP contribution in [0.25, 0.3) is 0 Å². The first kappa shape index (κ1) is 16.6. The molecule has 4 heterocycles. The molecule has 1 fully saturated rings. The third-order valence-electron chi connectivity index (χ3n) is 5.54. The Balaban J connectivity index is 1.30. The molecule has 138 valence electrons. The summed E-state index contributed by atoms with van der Waals surface area (Å²) in [6.07, 6.45) is 0.900. The van der Waals surface area contributed by atoms with Crippen LogP contribution in [0.4, 0.5) is 5.69 Å². The molecule has 1 saturated heterocycles. The highest BCUT2D eigenvalue weighted by atomic mass is 32.1. The molecule has 1 amide bonds. The lowest BCUT2D eigenvalue weighted by Crippen LogP contribution is -2.31. The molecule has 6 nitrogen and oxygen atoms in total. The average Bonchev–Trinajstić information content (AvgIpc) is 3.40. The number of carbonyl (C=O) groups excluding carboxylic acids is 1. The summed E-state index contributed by atoms with van der Waals surface area (Å²) >= 11 is 1.82. The number of para-hydroxylation sites is 1. The molecule has 2 aromatic heterocycles. The Bertz CT molecular complexity index is 937. The zero-order valence-corrected chi connectivity index (χ0v) is 15.7. The van der Waals surface area contributed by atoms with E-state index in [0.717, 1.165) is 44.1 Å². The number of carbonyl (C=O) groups is 1. The maximum absolute atomic E-state index is 12.7. The number of thiophene rings is 1. The molecule has 7 heteroatoms. The predicted octanol–water partition coefficient (Wildman–Crippen LogP) is 2.90. The summed E-state index contributed by atoms with van der Waals surface area (Å²) < 4.78 is 2.02. The molecule has 1 N–H and O–H groups in total. The largest absolute Gasteiger partial charge is 0.319 e. The fourth-order valence-corrected chi connectivity index (χ4v) is 5.00. The minimum Gasteiger partial charge on any atom is -0.319 e. The molecule has 0 saturated carbocycles. The summed E-state index contributed by atoms with van der Waals surface area (Å²) in [5.74, 6) is 2.33. The highest BCUT2D eigenvalue weighted by Crippen LogP contribution is 2.33. The molecular formula is C20H21N5OS. The highest BCUT2D eigenvalue weighted by Gasteiger charge is 2.39. The topological polar surface area (TPSA) is 63.1 Å². The molecule has 0 aliphatic carbocycles. The van der Waals surface area contributed by atoms with Gasteiger partial charge in [0.2, 0.25) is 5.82 Å². The summed E-state index contributed by atoms with van der Waals surface area (Å²) in [6, 6.07) is 13.8. The molecule has 0 spiro atoms. The van der Waals surface area contributed by atoms with Crippen molar-refractivity contribution in [1.82, 2.24) is 19.7 Å². The second-order valence-electron chi connectivity index (χ2n) is 7.37. The van der Waals surface area contributed by atoms with E-state index < -0.39 is 0 Å². The van der Waals surface area contributed by atoms with Gasteiger partial charge in [-0.25, -0.2) is 0 Å². The van der Waals surface area contributed by atoms with Crippen LogP contribution in [0.2, 0.25) is 0 Å². The number of benzene rings is 1. The van der Waals surface area contributed by atoms with Gasteiger partial charge < -0.3 is 9.88 Å². The van der Waals surface area contributed by atoms with Crippen LogP contribution >= 0.6 is 11.3 Å². The standard InChI is InChI=1S/C20H21N5OS/c26-20(21-16-5-2-1-3-6-16)19-23-22-18-9-14-10-24(11-15(14)12-25(18)19)13-17-7-4-8-27-17/h1-8,14-15H,9-13H2,(H,21,26)/t14-,15+/m1/s1. The highest BCUT2D eigenvalue weighted by molar-refractivity contribution is 7.09. The number of aromatic nitrogens is 3. The van der Waals surface area contributed by atoms with E-state index in [2.05, 4.69) is 37.9 Å². The molecule has 2 aliphatic rings. The van der Waals surface area contributed by atoms with Gasteiger partial charge in [0.15, 0.2) is 0 Å². The second-order valence-corrected chi connectivity index (χ2v) is 8.40. The van der Waals surface area contributed by atoms with Gasteiger partial charge in [0.1, 0.15) is 5.82 Å². The molecule has 0 radical (unpaired) electrons. The normalized spacial score (nSPS) is 21.6. The number of amides is 1. The molecular weight excluding hydrogens is 358 g/mol. The predicted molar refractivity (Wildman–Crippen MR) is 105 cm³/mol. The first-order valence-corrected chi connectivity index (χ1v) is 10.2. The van der Waals surface area contributed by atoms with Gasteiger partial charge in [0.05, 0.1) is 0 Å². The van der Waals surface area contributed by atoms with E-state index in [-0.39, 0.29) is 5.91 Å². The molecule has 5 rings (SSSR count). The van der Waals surface area contributed by atoms with E-state index in [4.69, 9.17) is 0 Å². The van der Waals surface area contributed by atoms with E-state index in [1.54, 1.807) is 0 Å². The Morgan fingerprint density at radius 1 is 1.07 bits per heavy atom. The number of hydrogen-bond acceptors (Lipinski definition) is 5. The number of fused-ring (bicyclic) bond motifs is 2. The molecule has 2 aliphatic heterocycles. The Hall–Kier alpha value is -2.51. The SMILES string of the molecule is O=C(Nc1ccccc1)c1nnc2n1C[C@@H]1CN(Cc3cccs3)C[C@H]1C2. The summed E-state index contributed by atoms with van der Waals surface area (Å²) in [5, 5.41) is 13.6. The number of anilines is 1. The maximum atomic E-state index is 12.7. The van der Waals surface area contributed by atoms with E-state index >= 15 is 0 Å². The number of nitrogens with zero attached hydrogens (tertiary/aromatic N) is 4. The van der Waals surface area contributed by atoms with Gasteiger partial charge >= 0.3 is 0 Å². The molecule has 2 atom stereocenters. The minimum atomic E-state index is -0.188. The van der Waals surface area contributed by atoms with Crippen molar-refractivity contribution in [1.29, 1.82) is 0 Å². The van der Waals surface area contributed by atoms with Crippen LogP contribution in [-0.4, -0.2) is 38.7 Å². The van der Waals surface area contributed by atoms with Crippen molar-refractivity contribution in [3.8, 4) is 0 Å². The quantitative estimate of drug-likeness (QED) is 0.757. The van der Waals surface area contributed by atoms with Gasteiger partial charge in [-0.15, -0.1) is 21.5 Å². The maximum Gasteiger partial charge on any atom is 0.293 e. The van der Waals surface area contributed by atoms with E-state index in [9.17, 15) is 4.79 Å². The number of nitrogens with one attached hydrogen (secondary N) is 1. The number of likely N-dealkylation sites (tertiary alicyclic amines) is 1. The smallest absolute Gasteiger partial charge is 0.293 e. The van der Waals surface area contributed by atoms with Crippen LogP contribution < -0.4 is 5.32 Å². The zero-order chi connectivity index (χ0) is 18.2. The lowest BCUT2D eigenvalue weighted by molar-refractivity contribution is 0.100. The molecule has 3 aromatic rings. The van der Waals surface area contributed by atoms with Crippen LogP contribution in [0, 0.1) is 11.8 Å². The van der Waals surface area contributed by atoms with Crippen molar-refractivity contribution in [2.24, 2.45) is 11.8 Å². The third kappa shape index (κ3) is 3.28. The number of hydrogen-bond donors (Lipinski definition) is 1. The summed E-state index contributed by atoms with van der Waals surface area (Å²) in [7, 11) is 0. The molecule has 0 bridgehead atoms. The van der Waals surface area contributed by atoms with Crippen LogP contribution in [0.3, 0.4) is 0 Å². The fraction of sp³-hybridized carbons (Fsp3) is 0.350.